The van der Waals surface area contributed by atoms with Gasteiger partial charge in [-0.1, -0.05) is 11.3 Å². The van der Waals surface area contributed by atoms with Crippen molar-refractivity contribution in [2.75, 3.05) is 29.5 Å². The molecule has 0 aliphatic carbocycles. The van der Waals surface area contributed by atoms with Crippen molar-refractivity contribution in [2.24, 2.45) is 0 Å². The maximum atomic E-state index is 12.2. The predicted molar refractivity (Wildman–Crippen MR) is 92.6 cm³/mol. The number of aromatic nitrogens is 1. The SMILES string of the molecule is CCN(C)c1nc(N)c(C(=O)Nc2ccc(I)cc2)s1. The molecule has 0 saturated carbocycles. The molecular formula is C13H15IN4OS. The highest BCUT2D eigenvalue weighted by Crippen LogP contribution is 2.28. The fourth-order valence-corrected chi connectivity index (χ4v) is 2.77. The highest BCUT2D eigenvalue weighted by Gasteiger charge is 2.17. The fraction of sp³-hybridized carbons (Fsp3) is 0.231. The second-order valence-electron chi connectivity index (χ2n) is 4.19. The van der Waals surface area contributed by atoms with Gasteiger partial charge in [0, 0.05) is 22.8 Å². The van der Waals surface area contributed by atoms with Gasteiger partial charge in [-0.2, -0.15) is 0 Å². The monoisotopic (exact) mass is 402 g/mol. The van der Waals surface area contributed by atoms with E-state index in [2.05, 4.69) is 32.9 Å². The third-order valence-corrected chi connectivity index (χ3v) is 4.65. The zero-order chi connectivity index (χ0) is 14.7. The van der Waals surface area contributed by atoms with Crippen LogP contribution in [-0.2, 0) is 0 Å². The van der Waals surface area contributed by atoms with Crippen molar-refractivity contribution in [3.8, 4) is 0 Å². The number of amides is 1. The summed E-state index contributed by atoms with van der Waals surface area (Å²) in [4.78, 5) is 18.8. The molecule has 1 aromatic heterocycles. The van der Waals surface area contributed by atoms with Crippen LogP contribution in [0.1, 0.15) is 16.6 Å². The average molecular weight is 402 g/mol. The van der Waals surface area contributed by atoms with E-state index in [0.29, 0.717) is 4.88 Å². The molecule has 0 spiro atoms. The van der Waals surface area contributed by atoms with Crippen LogP contribution in [0.15, 0.2) is 24.3 Å². The predicted octanol–water partition coefficient (Wildman–Crippen LogP) is 3.04. The van der Waals surface area contributed by atoms with Crippen LogP contribution in [0.4, 0.5) is 16.6 Å². The van der Waals surface area contributed by atoms with E-state index in [1.54, 1.807) is 0 Å². The van der Waals surface area contributed by atoms with E-state index >= 15 is 0 Å². The van der Waals surface area contributed by atoms with Crippen LogP contribution >= 0.6 is 33.9 Å². The molecule has 0 aliphatic heterocycles. The summed E-state index contributed by atoms with van der Waals surface area (Å²) in [6.07, 6.45) is 0. The first-order valence-electron chi connectivity index (χ1n) is 6.05. The maximum absolute atomic E-state index is 12.2. The number of carbonyl (C=O) groups is 1. The maximum Gasteiger partial charge on any atom is 0.269 e. The first kappa shape index (κ1) is 15.0. The van der Waals surface area contributed by atoms with E-state index < -0.39 is 0 Å². The number of anilines is 3. The van der Waals surface area contributed by atoms with E-state index in [4.69, 9.17) is 5.73 Å². The first-order valence-corrected chi connectivity index (χ1v) is 7.95. The molecule has 0 unspecified atom stereocenters. The van der Waals surface area contributed by atoms with Crippen molar-refractivity contribution in [1.82, 2.24) is 4.98 Å². The molecule has 0 radical (unpaired) electrons. The van der Waals surface area contributed by atoms with Gasteiger partial charge in [0.2, 0.25) is 0 Å². The molecule has 1 amide bonds. The van der Waals surface area contributed by atoms with Crippen molar-refractivity contribution in [1.29, 1.82) is 0 Å². The lowest BCUT2D eigenvalue weighted by Crippen LogP contribution is -2.15. The Bertz CT molecular complexity index is 611. The number of thiazole rings is 1. The van der Waals surface area contributed by atoms with E-state index in [1.165, 1.54) is 11.3 Å². The van der Waals surface area contributed by atoms with Crippen LogP contribution in [0.25, 0.3) is 0 Å². The third-order valence-electron chi connectivity index (χ3n) is 2.75. The number of nitrogens with one attached hydrogen (secondary N) is 1. The van der Waals surface area contributed by atoms with Gasteiger partial charge in [-0.25, -0.2) is 4.98 Å². The zero-order valence-corrected chi connectivity index (χ0v) is 14.2. The molecule has 2 aromatic rings. The molecule has 0 bridgehead atoms. The van der Waals surface area contributed by atoms with Gasteiger partial charge in [0.1, 0.15) is 10.7 Å². The Morgan fingerprint density at radius 3 is 2.70 bits per heavy atom. The molecule has 0 aliphatic rings. The van der Waals surface area contributed by atoms with Crippen LogP contribution < -0.4 is 16.0 Å². The number of nitrogens with zero attached hydrogens (tertiary/aromatic N) is 2. The van der Waals surface area contributed by atoms with Gasteiger partial charge in [0.05, 0.1) is 0 Å². The lowest BCUT2D eigenvalue weighted by molar-refractivity contribution is 0.103. The van der Waals surface area contributed by atoms with E-state index in [0.717, 1.165) is 20.9 Å². The number of halogens is 1. The lowest BCUT2D eigenvalue weighted by Gasteiger charge is -2.10. The van der Waals surface area contributed by atoms with Crippen molar-refractivity contribution in [3.63, 3.8) is 0 Å². The normalized spacial score (nSPS) is 10.3. The number of hydrogen-bond donors (Lipinski definition) is 2. The fourth-order valence-electron chi connectivity index (χ4n) is 1.50. The second kappa shape index (κ2) is 6.40. The van der Waals surface area contributed by atoms with Crippen LogP contribution in [0, 0.1) is 3.57 Å². The third kappa shape index (κ3) is 3.40. The number of nitrogen functional groups attached to an aromatic ring is 1. The summed E-state index contributed by atoms with van der Waals surface area (Å²) >= 11 is 3.51. The highest BCUT2D eigenvalue weighted by atomic mass is 127. The van der Waals surface area contributed by atoms with Gasteiger partial charge >= 0.3 is 0 Å². The summed E-state index contributed by atoms with van der Waals surface area (Å²) in [6.45, 7) is 2.83. The molecule has 1 heterocycles. The van der Waals surface area contributed by atoms with Crippen molar-refractivity contribution >= 4 is 56.5 Å². The molecule has 0 fully saturated rings. The first-order chi connectivity index (χ1) is 9.51. The van der Waals surface area contributed by atoms with E-state index in [-0.39, 0.29) is 11.7 Å². The molecular weight excluding hydrogens is 387 g/mol. The smallest absolute Gasteiger partial charge is 0.269 e. The minimum Gasteiger partial charge on any atom is -0.382 e. The molecule has 106 valence electrons. The van der Waals surface area contributed by atoms with Crippen molar-refractivity contribution < 1.29 is 4.79 Å². The summed E-state index contributed by atoms with van der Waals surface area (Å²) in [5.41, 5.74) is 6.57. The van der Waals surface area contributed by atoms with E-state index in [1.807, 2.05) is 43.1 Å². The molecule has 5 nitrogen and oxygen atoms in total. The van der Waals surface area contributed by atoms with Crippen molar-refractivity contribution in [2.45, 2.75) is 6.92 Å². The van der Waals surface area contributed by atoms with Crippen LogP contribution in [0.5, 0.6) is 0 Å². The number of benzene rings is 1. The number of hydrogen-bond acceptors (Lipinski definition) is 5. The van der Waals surface area contributed by atoms with Gasteiger partial charge in [0.15, 0.2) is 5.13 Å². The Balaban J connectivity index is 2.17. The van der Waals surface area contributed by atoms with Gasteiger partial charge in [0.25, 0.3) is 5.91 Å². The van der Waals surface area contributed by atoms with Crippen LogP contribution in [0.3, 0.4) is 0 Å². The summed E-state index contributed by atoms with van der Waals surface area (Å²) in [7, 11) is 1.92. The zero-order valence-electron chi connectivity index (χ0n) is 11.2. The summed E-state index contributed by atoms with van der Waals surface area (Å²) in [5, 5.41) is 3.57. The largest absolute Gasteiger partial charge is 0.382 e. The number of carbonyl (C=O) groups excluding carboxylic acids is 1. The molecule has 3 N–H and O–H groups in total. The second-order valence-corrected chi connectivity index (χ2v) is 6.41. The van der Waals surface area contributed by atoms with Crippen LogP contribution in [0.2, 0.25) is 0 Å². The van der Waals surface area contributed by atoms with Gasteiger partial charge in [-0.15, -0.1) is 0 Å². The summed E-state index contributed by atoms with van der Waals surface area (Å²) in [5.74, 6) is 0.0465. The molecule has 2 rings (SSSR count). The Kier molecular flexibility index (Phi) is 4.81. The Labute approximate surface area is 135 Å². The Hall–Kier alpha value is -1.35. The Morgan fingerprint density at radius 2 is 2.10 bits per heavy atom. The lowest BCUT2D eigenvalue weighted by atomic mass is 10.3. The average Bonchev–Trinajstić information content (AvgIpc) is 2.82. The minimum atomic E-state index is -0.225. The quantitative estimate of drug-likeness (QED) is 0.772. The highest BCUT2D eigenvalue weighted by molar-refractivity contribution is 14.1. The summed E-state index contributed by atoms with van der Waals surface area (Å²) < 4.78 is 1.12. The van der Waals surface area contributed by atoms with Crippen molar-refractivity contribution in [3.05, 3.63) is 32.7 Å². The van der Waals surface area contributed by atoms with Crippen LogP contribution in [-0.4, -0.2) is 24.5 Å². The topological polar surface area (TPSA) is 71.2 Å². The Morgan fingerprint density at radius 1 is 1.45 bits per heavy atom. The summed E-state index contributed by atoms with van der Waals surface area (Å²) in [6, 6.07) is 7.58. The van der Waals surface area contributed by atoms with Gasteiger partial charge in [-0.05, 0) is 53.8 Å². The minimum absolute atomic E-state index is 0.225. The van der Waals surface area contributed by atoms with E-state index in [9.17, 15) is 4.79 Å². The number of rotatable bonds is 4. The molecule has 0 saturated heterocycles. The molecule has 1 aromatic carbocycles. The molecule has 0 atom stereocenters. The number of nitrogens with two attached hydrogens (primary N) is 1. The molecule has 20 heavy (non-hydrogen) atoms. The molecule has 7 heteroatoms. The standard InChI is InChI=1S/C13H15IN4OS/c1-3-18(2)13-17-11(15)10(20-13)12(19)16-9-6-4-8(14)5-7-9/h4-7H,3,15H2,1-2H3,(H,16,19). The van der Waals surface area contributed by atoms with Gasteiger partial charge in [-0.3, -0.25) is 4.79 Å². The van der Waals surface area contributed by atoms with Gasteiger partial charge < -0.3 is 16.0 Å².